The van der Waals surface area contributed by atoms with Crippen molar-refractivity contribution in [2.24, 2.45) is 0 Å². The minimum atomic E-state index is -1.17. The van der Waals surface area contributed by atoms with E-state index in [0.29, 0.717) is 11.3 Å². The molecule has 0 fully saturated rings. The SMILES string of the molecule is Cc1cc(C(=O)/C=C/C(=O)O)ccc1OCc1ccc(F)cc1. The Morgan fingerprint density at radius 3 is 2.43 bits per heavy atom. The Balaban J connectivity index is 2.05. The zero-order chi connectivity index (χ0) is 16.8. The summed E-state index contributed by atoms with van der Waals surface area (Å²) < 4.78 is 18.5. The van der Waals surface area contributed by atoms with Crippen molar-refractivity contribution in [1.82, 2.24) is 0 Å². The molecule has 0 aliphatic carbocycles. The van der Waals surface area contributed by atoms with Crippen LogP contribution in [-0.4, -0.2) is 16.9 Å². The van der Waals surface area contributed by atoms with Crippen molar-refractivity contribution in [1.29, 1.82) is 0 Å². The highest BCUT2D eigenvalue weighted by Gasteiger charge is 2.07. The lowest BCUT2D eigenvalue weighted by Gasteiger charge is -2.10. The van der Waals surface area contributed by atoms with Crippen LogP contribution < -0.4 is 4.74 Å². The van der Waals surface area contributed by atoms with Gasteiger partial charge in [-0.05, 0) is 54.5 Å². The van der Waals surface area contributed by atoms with E-state index in [9.17, 15) is 14.0 Å². The fourth-order valence-corrected chi connectivity index (χ4v) is 1.95. The van der Waals surface area contributed by atoms with Gasteiger partial charge in [-0.25, -0.2) is 9.18 Å². The lowest BCUT2D eigenvalue weighted by atomic mass is 10.1. The number of rotatable bonds is 6. The molecule has 2 aromatic carbocycles. The molecule has 1 N–H and O–H groups in total. The van der Waals surface area contributed by atoms with Gasteiger partial charge in [-0.15, -0.1) is 0 Å². The number of ketones is 1. The van der Waals surface area contributed by atoms with Gasteiger partial charge in [-0.1, -0.05) is 12.1 Å². The summed E-state index contributed by atoms with van der Waals surface area (Å²) in [4.78, 5) is 22.2. The zero-order valence-corrected chi connectivity index (χ0v) is 12.5. The molecular formula is C18H15FO4. The second-order valence-electron chi connectivity index (χ2n) is 4.93. The van der Waals surface area contributed by atoms with E-state index >= 15 is 0 Å². The van der Waals surface area contributed by atoms with Crippen LogP contribution in [0.1, 0.15) is 21.5 Å². The average molecular weight is 314 g/mol. The summed E-state index contributed by atoms with van der Waals surface area (Å²) >= 11 is 0. The molecule has 0 bridgehead atoms. The van der Waals surface area contributed by atoms with Gasteiger partial charge < -0.3 is 9.84 Å². The van der Waals surface area contributed by atoms with Gasteiger partial charge in [0, 0.05) is 11.6 Å². The third-order valence-electron chi connectivity index (χ3n) is 3.14. The maximum Gasteiger partial charge on any atom is 0.328 e. The topological polar surface area (TPSA) is 63.6 Å². The number of aryl methyl sites for hydroxylation is 1. The van der Waals surface area contributed by atoms with Gasteiger partial charge in [0.1, 0.15) is 18.2 Å². The van der Waals surface area contributed by atoms with Gasteiger partial charge in [-0.2, -0.15) is 0 Å². The molecule has 0 saturated heterocycles. The molecule has 118 valence electrons. The van der Waals surface area contributed by atoms with Gasteiger partial charge in [0.25, 0.3) is 0 Å². The molecular weight excluding hydrogens is 299 g/mol. The van der Waals surface area contributed by atoms with E-state index in [2.05, 4.69) is 0 Å². The second-order valence-corrected chi connectivity index (χ2v) is 4.93. The van der Waals surface area contributed by atoms with Gasteiger partial charge in [0.2, 0.25) is 0 Å². The average Bonchev–Trinajstić information content (AvgIpc) is 2.53. The summed E-state index contributed by atoms with van der Waals surface area (Å²) in [6, 6.07) is 10.9. The molecule has 4 nitrogen and oxygen atoms in total. The van der Waals surface area contributed by atoms with Crippen molar-refractivity contribution in [2.75, 3.05) is 0 Å². The number of hydrogen-bond donors (Lipinski definition) is 1. The van der Waals surface area contributed by atoms with Crippen molar-refractivity contribution in [3.05, 3.63) is 77.1 Å². The molecule has 0 atom stereocenters. The largest absolute Gasteiger partial charge is 0.489 e. The Kier molecular flexibility index (Phi) is 5.25. The Hall–Kier alpha value is -2.95. The molecule has 2 rings (SSSR count). The molecule has 0 spiro atoms. The van der Waals surface area contributed by atoms with E-state index in [0.717, 1.165) is 23.3 Å². The normalized spacial score (nSPS) is 10.7. The predicted molar refractivity (Wildman–Crippen MR) is 83.0 cm³/mol. The van der Waals surface area contributed by atoms with Crippen LogP contribution in [0.15, 0.2) is 54.6 Å². The van der Waals surface area contributed by atoms with Crippen LogP contribution in [0.4, 0.5) is 4.39 Å². The number of benzene rings is 2. The maximum atomic E-state index is 12.8. The third kappa shape index (κ3) is 4.78. The first kappa shape index (κ1) is 16.4. The van der Waals surface area contributed by atoms with Gasteiger partial charge in [-0.3, -0.25) is 4.79 Å². The minimum Gasteiger partial charge on any atom is -0.489 e. The first-order valence-electron chi connectivity index (χ1n) is 6.89. The fraction of sp³-hybridized carbons (Fsp3) is 0.111. The number of carbonyl (C=O) groups excluding carboxylic acids is 1. The van der Waals surface area contributed by atoms with Crippen molar-refractivity contribution in [3.63, 3.8) is 0 Å². The van der Waals surface area contributed by atoms with E-state index in [1.807, 2.05) is 0 Å². The smallest absolute Gasteiger partial charge is 0.328 e. The Labute approximate surface area is 132 Å². The number of aliphatic carboxylic acids is 1. The molecule has 0 radical (unpaired) electrons. The van der Waals surface area contributed by atoms with E-state index in [1.54, 1.807) is 37.3 Å². The summed E-state index contributed by atoms with van der Waals surface area (Å²) in [5.41, 5.74) is 1.96. The van der Waals surface area contributed by atoms with Crippen molar-refractivity contribution >= 4 is 11.8 Å². The van der Waals surface area contributed by atoms with Crippen LogP contribution in [0.5, 0.6) is 5.75 Å². The molecule has 0 heterocycles. The highest BCUT2D eigenvalue weighted by Crippen LogP contribution is 2.21. The molecule has 23 heavy (non-hydrogen) atoms. The number of carboxylic acid groups (broad SMARTS) is 1. The molecule has 0 aliphatic heterocycles. The third-order valence-corrected chi connectivity index (χ3v) is 3.14. The quantitative estimate of drug-likeness (QED) is 0.654. The fourth-order valence-electron chi connectivity index (χ4n) is 1.95. The van der Waals surface area contributed by atoms with Gasteiger partial charge in [0.15, 0.2) is 5.78 Å². The van der Waals surface area contributed by atoms with Crippen LogP contribution in [0.3, 0.4) is 0 Å². The standard InChI is InChI=1S/C18H15FO4/c1-12-10-14(16(20)7-9-18(21)22)4-8-17(12)23-11-13-2-5-15(19)6-3-13/h2-10H,11H2,1H3,(H,21,22)/b9-7+. The molecule has 0 unspecified atom stereocenters. The Morgan fingerprint density at radius 2 is 1.83 bits per heavy atom. The molecule has 0 amide bonds. The molecule has 0 aliphatic rings. The number of ether oxygens (including phenoxy) is 1. The first-order valence-corrected chi connectivity index (χ1v) is 6.89. The van der Waals surface area contributed by atoms with Gasteiger partial charge in [0.05, 0.1) is 0 Å². The van der Waals surface area contributed by atoms with E-state index < -0.39 is 5.97 Å². The number of hydrogen-bond acceptors (Lipinski definition) is 3. The van der Waals surface area contributed by atoms with E-state index in [1.165, 1.54) is 12.1 Å². The summed E-state index contributed by atoms with van der Waals surface area (Å²) in [5.74, 6) is -1.26. The first-order chi connectivity index (χ1) is 11.0. The van der Waals surface area contributed by atoms with Crippen molar-refractivity contribution < 1.29 is 23.8 Å². The monoisotopic (exact) mass is 314 g/mol. The highest BCUT2D eigenvalue weighted by molar-refractivity contribution is 6.07. The lowest BCUT2D eigenvalue weighted by Crippen LogP contribution is -2.00. The van der Waals surface area contributed by atoms with Gasteiger partial charge >= 0.3 is 5.97 Å². The number of carboxylic acids is 1. The number of carbonyl (C=O) groups is 2. The summed E-state index contributed by atoms with van der Waals surface area (Å²) in [6.07, 6.45) is 1.81. The van der Waals surface area contributed by atoms with Crippen LogP contribution in [0.2, 0.25) is 0 Å². The van der Waals surface area contributed by atoms with Crippen molar-refractivity contribution in [2.45, 2.75) is 13.5 Å². The van der Waals surface area contributed by atoms with Crippen LogP contribution in [-0.2, 0) is 11.4 Å². The molecule has 0 saturated carbocycles. The maximum absolute atomic E-state index is 12.8. The summed E-state index contributed by atoms with van der Waals surface area (Å²) in [5, 5.41) is 8.52. The second kappa shape index (κ2) is 7.35. The Morgan fingerprint density at radius 1 is 1.13 bits per heavy atom. The van der Waals surface area contributed by atoms with Crippen LogP contribution in [0.25, 0.3) is 0 Å². The highest BCUT2D eigenvalue weighted by atomic mass is 19.1. The molecule has 0 aromatic heterocycles. The van der Waals surface area contributed by atoms with Crippen molar-refractivity contribution in [3.8, 4) is 5.75 Å². The van der Waals surface area contributed by atoms with Crippen LogP contribution >= 0.6 is 0 Å². The lowest BCUT2D eigenvalue weighted by molar-refractivity contribution is -0.131. The minimum absolute atomic E-state index is 0.285. The number of halogens is 1. The summed E-state index contributed by atoms with van der Waals surface area (Å²) in [6.45, 7) is 2.07. The van der Waals surface area contributed by atoms with E-state index in [4.69, 9.17) is 9.84 Å². The molecule has 5 heteroatoms. The predicted octanol–water partition coefficient (Wildman–Crippen LogP) is 3.54. The summed E-state index contributed by atoms with van der Waals surface area (Å²) in [7, 11) is 0. The Bertz CT molecular complexity index is 748. The number of allylic oxidation sites excluding steroid dienone is 1. The zero-order valence-electron chi connectivity index (χ0n) is 12.5. The molecule has 2 aromatic rings. The van der Waals surface area contributed by atoms with E-state index in [-0.39, 0.29) is 18.2 Å². The van der Waals surface area contributed by atoms with Crippen LogP contribution in [0, 0.1) is 12.7 Å².